The molecule has 1 heterocycles. The fourth-order valence-corrected chi connectivity index (χ4v) is 1.70. The van der Waals surface area contributed by atoms with Crippen LogP contribution in [-0.2, 0) is 4.74 Å². The molecule has 0 aromatic carbocycles. The summed E-state index contributed by atoms with van der Waals surface area (Å²) in [6.45, 7) is 3.47. The van der Waals surface area contributed by atoms with Crippen molar-refractivity contribution in [2.45, 2.75) is 12.2 Å². The van der Waals surface area contributed by atoms with Gasteiger partial charge in [-0.1, -0.05) is 0 Å². The van der Waals surface area contributed by atoms with Gasteiger partial charge in [-0.25, -0.2) is 0 Å². The molecule has 140 valence electrons. The molecule has 0 bridgehead atoms. The Labute approximate surface area is 149 Å². The van der Waals surface area contributed by atoms with Crippen molar-refractivity contribution in [1.29, 1.82) is 0 Å². The number of epoxide rings is 1. The Bertz CT molecular complexity index is 230. The van der Waals surface area contributed by atoms with Crippen LogP contribution in [0.2, 0.25) is 0 Å². The van der Waals surface area contributed by atoms with Crippen molar-refractivity contribution in [3.63, 3.8) is 0 Å². The van der Waals surface area contributed by atoms with E-state index in [-0.39, 0.29) is 30.9 Å². The molecule has 0 aromatic rings. The molecular weight excluding hydrogens is 331 g/mol. The molecule has 3 N–H and O–H groups in total. The number of likely N-dealkylation sites (N-methyl/N-ethyl adjacent to an activating group) is 2. The van der Waals surface area contributed by atoms with E-state index in [1.165, 1.54) is 6.54 Å². The van der Waals surface area contributed by atoms with E-state index in [1.807, 2.05) is 21.1 Å². The summed E-state index contributed by atoms with van der Waals surface area (Å²) < 4.78 is 10.8. The zero-order valence-corrected chi connectivity index (χ0v) is 17.1. The highest BCUT2D eigenvalue weighted by Gasteiger charge is 2.36. The van der Waals surface area contributed by atoms with E-state index in [0.29, 0.717) is 12.7 Å². The fraction of sp³-hybridized carbons (Fsp3) is 1.00. The van der Waals surface area contributed by atoms with Crippen LogP contribution in [0.25, 0.3) is 0 Å². The Balaban J connectivity index is -0.000000123. The van der Waals surface area contributed by atoms with Crippen LogP contribution in [0.3, 0.4) is 0 Å². The van der Waals surface area contributed by atoms with E-state index in [2.05, 4.69) is 25.9 Å². The molecule has 0 aromatic heterocycles. The average Bonchev–Trinajstić information content (AvgIpc) is 3.00. The standard InChI is InChI=1S/C7H18NO2.C6H14NO.CH4O.ClH2.ClH/c1-8(2,3)5-7(9)6-10-4;1-7(2,3)4-6-5-8-6;1-2;;/h7,9H,5-6H2,1-4H3;6H,4-5H2,1-3H3;2H,1H3;1H2;1H/q2*+1;;+1;. The summed E-state index contributed by atoms with van der Waals surface area (Å²) in [5, 5.41) is 16.2. The second-order valence-electron chi connectivity index (χ2n) is 7.07. The van der Waals surface area contributed by atoms with Crippen molar-refractivity contribution in [2.24, 2.45) is 0 Å². The zero-order valence-electron chi connectivity index (χ0n) is 15.5. The minimum absolute atomic E-state index is 0. The van der Waals surface area contributed by atoms with Crippen LogP contribution in [0.15, 0.2) is 0 Å². The van der Waals surface area contributed by atoms with Gasteiger partial charge in [0.15, 0.2) is 6.54 Å². The summed E-state index contributed by atoms with van der Waals surface area (Å²) >= 11 is 0. The number of methoxy groups -OCH3 is 1. The molecule has 1 aliphatic rings. The van der Waals surface area contributed by atoms with Crippen LogP contribution in [0.1, 0.15) is 0 Å². The molecule has 1 saturated heterocycles. The van der Waals surface area contributed by atoms with Crippen LogP contribution in [0.5, 0.6) is 0 Å². The van der Waals surface area contributed by atoms with Crippen LogP contribution in [-0.4, -0.2) is 119 Å². The lowest BCUT2D eigenvalue weighted by Crippen LogP contribution is -3.00. The minimum atomic E-state index is -0.343. The molecule has 2 atom stereocenters. The van der Waals surface area contributed by atoms with E-state index in [4.69, 9.17) is 9.84 Å². The zero-order chi connectivity index (χ0) is 16.4. The smallest absolute Gasteiger partial charge is 0.273 e. The Morgan fingerprint density at radius 1 is 1.09 bits per heavy atom. The summed E-state index contributed by atoms with van der Waals surface area (Å²) in [5.41, 5.74) is 0. The lowest BCUT2D eigenvalue weighted by molar-refractivity contribution is -0.873. The minimum Gasteiger partial charge on any atom is -1.00 e. The number of hydrogen-bond acceptors (Lipinski definition) is 3. The number of quaternary nitrogens is 2. The molecule has 1 rings (SSSR count). The number of rotatable bonds is 6. The molecule has 22 heavy (non-hydrogen) atoms. The Hall–Kier alpha value is 0.340. The maximum absolute atomic E-state index is 9.24. The Morgan fingerprint density at radius 3 is 1.68 bits per heavy atom. The van der Waals surface area contributed by atoms with Gasteiger partial charge in [-0.05, 0) is 0 Å². The first-order chi connectivity index (χ1) is 9.03. The number of aliphatic hydroxyl groups excluding tert-OH is 2. The lowest BCUT2D eigenvalue weighted by Gasteiger charge is -2.26. The maximum atomic E-state index is 9.24. The number of nitrogens with zero attached hydrogens (tertiary/aromatic N) is 2. The first kappa shape index (κ1) is 30.2. The number of halogens is 2. The molecule has 1 aliphatic heterocycles. The van der Waals surface area contributed by atoms with Gasteiger partial charge in [-0.3, -0.25) is 0 Å². The summed E-state index contributed by atoms with van der Waals surface area (Å²) in [7, 11) is 15.3. The molecule has 0 spiro atoms. The van der Waals surface area contributed by atoms with E-state index in [1.54, 1.807) is 7.11 Å². The quantitative estimate of drug-likeness (QED) is 0.281. The second-order valence-corrected chi connectivity index (χ2v) is 7.07. The first-order valence-electron chi connectivity index (χ1n) is 6.93. The Kier molecular flexibility index (Phi) is 20.5. The third kappa shape index (κ3) is 28.5. The monoisotopic (exact) mass is 369 g/mol. The first-order valence-corrected chi connectivity index (χ1v) is 6.93. The summed E-state index contributed by atoms with van der Waals surface area (Å²) in [6.07, 6.45) is 0.347. The van der Waals surface area contributed by atoms with Gasteiger partial charge in [0.05, 0.1) is 61.3 Å². The second kappa shape index (κ2) is 14.9. The number of ether oxygens (including phenoxy) is 2. The van der Waals surface area contributed by atoms with Crippen LogP contribution in [0.4, 0.5) is 0 Å². The topological polar surface area (TPSA) is 62.5 Å². The fourth-order valence-electron chi connectivity index (χ4n) is 1.70. The highest BCUT2D eigenvalue weighted by atomic mass is 35.5. The van der Waals surface area contributed by atoms with Crippen LogP contribution in [0, 0.1) is 12.4 Å². The summed E-state index contributed by atoms with van der Waals surface area (Å²) in [6, 6.07) is 0. The largest absolute Gasteiger partial charge is 1.00 e. The summed E-state index contributed by atoms with van der Waals surface area (Å²) in [5.74, 6) is 0. The maximum Gasteiger partial charge on any atom is 0.273 e. The van der Waals surface area contributed by atoms with Gasteiger partial charge in [0.2, 0.25) is 6.61 Å². The molecule has 8 heteroatoms. The van der Waals surface area contributed by atoms with E-state index >= 15 is 0 Å². The van der Waals surface area contributed by atoms with Crippen molar-refractivity contribution < 1.29 is 53.5 Å². The molecule has 0 aliphatic carbocycles. The number of aliphatic hydroxyl groups is 4. The SMILES string of the molecule is CO.COCC(O)C[N+](C)(C)C.C[N+](C)(C)CC1C[OH+]1.[Cl-].[ClH2+]. The average molecular weight is 370 g/mol. The van der Waals surface area contributed by atoms with Crippen molar-refractivity contribution >= 4 is 0 Å². The van der Waals surface area contributed by atoms with Gasteiger partial charge >= 0.3 is 0 Å². The Morgan fingerprint density at radius 2 is 1.50 bits per heavy atom. The van der Waals surface area contributed by atoms with Gasteiger partial charge in [-0.15, -0.1) is 0 Å². The van der Waals surface area contributed by atoms with E-state index < -0.39 is 0 Å². The van der Waals surface area contributed by atoms with Crippen molar-refractivity contribution in [1.82, 2.24) is 0 Å². The van der Waals surface area contributed by atoms with Gasteiger partial charge in [0.1, 0.15) is 12.6 Å². The predicted molar refractivity (Wildman–Crippen MR) is 85.5 cm³/mol. The lowest BCUT2D eigenvalue weighted by atomic mass is 10.3. The van der Waals surface area contributed by atoms with Crippen LogP contribution < -0.4 is 12.4 Å². The highest BCUT2D eigenvalue weighted by Crippen LogP contribution is 2.07. The molecule has 6 nitrogen and oxygen atoms in total. The number of hydrogen-bond donors (Lipinski definition) is 2. The predicted octanol–water partition coefficient (Wildman–Crippen LogP) is -4.62. The molecule has 2 unspecified atom stereocenters. The normalized spacial score (nSPS) is 17.5. The van der Waals surface area contributed by atoms with E-state index in [9.17, 15) is 5.11 Å². The molecule has 0 amide bonds. The van der Waals surface area contributed by atoms with Gasteiger partial charge < -0.3 is 41.1 Å². The van der Waals surface area contributed by atoms with Crippen molar-refractivity contribution in [3.8, 4) is 0 Å². The van der Waals surface area contributed by atoms with Crippen molar-refractivity contribution in [3.05, 3.63) is 0 Å². The van der Waals surface area contributed by atoms with Gasteiger partial charge in [0, 0.05) is 14.2 Å². The third-order valence-electron chi connectivity index (χ3n) is 2.32. The summed E-state index contributed by atoms with van der Waals surface area (Å²) in [4.78, 5) is 0. The molecular formula is C14H39Cl2N2O4+3. The van der Waals surface area contributed by atoms with Crippen molar-refractivity contribution in [2.75, 3.05) is 82.8 Å². The highest BCUT2D eigenvalue weighted by molar-refractivity contribution is 4.64. The molecule has 0 radical (unpaired) electrons. The van der Waals surface area contributed by atoms with Gasteiger partial charge in [0.25, 0.3) is 6.10 Å². The van der Waals surface area contributed by atoms with Crippen LogP contribution >= 0.6 is 0 Å². The van der Waals surface area contributed by atoms with E-state index in [0.717, 1.165) is 29.2 Å². The molecule has 1 fully saturated rings. The van der Waals surface area contributed by atoms with Gasteiger partial charge in [-0.2, -0.15) is 0 Å². The third-order valence-corrected chi connectivity index (χ3v) is 2.32. The molecule has 0 saturated carbocycles.